The summed E-state index contributed by atoms with van der Waals surface area (Å²) < 4.78 is 27.1. The van der Waals surface area contributed by atoms with E-state index >= 15 is 0 Å². The first-order chi connectivity index (χ1) is 16.1. The van der Waals surface area contributed by atoms with Crippen molar-refractivity contribution in [2.45, 2.75) is 12.1 Å². The van der Waals surface area contributed by atoms with Crippen LogP contribution in [0.4, 0.5) is 10.1 Å². The van der Waals surface area contributed by atoms with Crippen molar-refractivity contribution in [3.8, 4) is 17.1 Å². The van der Waals surface area contributed by atoms with E-state index in [1.165, 1.54) is 6.07 Å². The number of hydrogen-bond donors (Lipinski definition) is 1. The molecule has 8 heteroatoms. The molecule has 2 aromatic carbocycles. The third kappa shape index (κ3) is 4.00. The summed E-state index contributed by atoms with van der Waals surface area (Å²) in [5.74, 6) is 1.38. The Labute approximate surface area is 204 Å². The third-order valence-corrected chi connectivity index (χ3v) is 6.37. The van der Waals surface area contributed by atoms with E-state index in [1.54, 1.807) is 31.5 Å². The Bertz CT molecular complexity index is 1310. The number of furan rings is 1. The van der Waals surface area contributed by atoms with Crippen LogP contribution in [0.15, 0.2) is 87.9 Å². The molecule has 5 rings (SSSR count). The lowest BCUT2D eigenvalue weighted by Gasteiger charge is -2.27. The Hall–Kier alpha value is -3.23. The van der Waals surface area contributed by atoms with Crippen molar-refractivity contribution >= 4 is 38.9 Å². The zero-order valence-electron chi connectivity index (χ0n) is 17.5. The van der Waals surface area contributed by atoms with Gasteiger partial charge in [-0.25, -0.2) is 4.39 Å². The number of halogens is 2. The predicted octanol–water partition coefficient (Wildman–Crippen LogP) is 6.43. The van der Waals surface area contributed by atoms with Crippen molar-refractivity contribution in [3.63, 3.8) is 0 Å². The zero-order valence-corrected chi connectivity index (χ0v) is 19.9. The largest absolute Gasteiger partial charge is 0.495 e. The van der Waals surface area contributed by atoms with Crippen LogP contribution < -0.4 is 15.0 Å². The quantitative estimate of drug-likeness (QED) is 0.304. The molecule has 1 fully saturated rings. The fraction of sp³-hybridized carbons (Fsp3) is 0.120. The van der Waals surface area contributed by atoms with E-state index in [4.69, 9.17) is 21.4 Å². The number of para-hydroxylation sites is 2. The fourth-order valence-corrected chi connectivity index (χ4v) is 4.75. The first-order valence-electron chi connectivity index (χ1n) is 10.3. The van der Waals surface area contributed by atoms with Gasteiger partial charge in [0.1, 0.15) is 29.1 Å². The van der Waals surface area contributed by atoms with E-state index < -0.39 is 0 Å². The van der Waals surface area contributed by atoms with E-state index in [1.807, 2.05) is 53.4 Å². The Balaban J connectivity index is 1.63. The molecule has 0 bridgehead atoms. The van der Waals surface area contributed by atoms with Gasteiger partial charge < -0.3 is 19.4 Å². The molecule has 0 saturated carbocycles. The maximum Gasteiger partial charge on any atom is 0.174 e. The van der Waals surface area contributed by atoms with Gasteiger partial charge in [-0.2, -0.15) is 0 Å². The second kappa shape index (κ2) is 8.96. The zero-order chi connectivity index (χ0) is 22.9. The highest BCUT2D eigenvalue weighted by atomic mass is 79.9. The van der Waals surface area contributed by atoms with Crippen LogP contribution in [0.25, 0.3) is 11.3 Å². The topological polar surface area (TPSA) is 50.5 Å². The van der Waals surface area contributed by atoms with Crippen LogP contribution >= 0.6 is 28.1 Å². The van der Waals surface area contributed by atoms with Gasteiger partial charge >= 0.3 is 0 Å². The lowest BCUT2D eigenvalue weighted by molar-refractivity contribution is 0.409. The minimum Gasteiger partial charge on any atom is -0.495 e. The number of methoxy groups -OCH3 is 1. The maximum atomic E-state index is 14.6. The Morgan fingerprint density at radius 3 is 2.67 bits per heavy atom. The van der Waals surface area contributed by atoms with Gasteiger partial charge in [-0.3, -0.25) is 4.98 Å². The van der Waals surface area contributed by atoms with Crippen molar-refractivity contribution in [1.29, 1.82) is 0 Å². The van der Waals surface area contributed by atoms with E-state index in [0.29, 0.717) is 32.4 Å². The summed E-state index contributed by atoms with van der Waals surface area (Å²) >= 11 is 9.04. The van der Waals surface area contributed by atoms with Crippen molar-refractivity contribution in [2.24, 2.45) is 0 Å². The molecule has 1 aliphatic heterocycles. The summed E-state index contributed by atoms with van der Waals surface area (Å²) in [4.78, 5) is 6.51. The molecular weight excluding hydrogens is 505 g/mol. The Morgan fingerprint density at radius 2 is 1.91 bits per heavy atom. The maximum absolute atomic E-state index is 14.6. The average molecular weight is 524 g/mol. The number of thiocarbonyl (C=S) groups is 1. The average Bonchev–Trinajstić information content (AvgIpc) is 3.44. The van der Waals surface area contributed by atoms with Gasteiger partial charge in [0, 0.05) is 10.7 Å². The third-order valence-electron chi connectivity index (χ3n) is 5.56. The number of anilines is 1. The molecular formula is C25H19BrFN3O2S. The fourth-order valence-electron chi connectivity index (χ4n) is 4.08. The summed E-state index contributed by atoms with van der Waals surface area (Å²) in [5, 5.41) is 3.91. The highest BCUT2D eigenvalue weighted by molar-refractivity contribution is 9.10. The van der Waals surface area contributed by atoms with Crippen LogP contribution in [-0.4, -0.2) is 17.2 Å². The van der Waals surface area contributed by atoms with Crippen molar-refractivity contribution < 1.29 is 13.5 Å². The molecule has 33 heavy (non-hydrogen) atoms. The molecule has 0 spiro atoms. The van der Waals surface area contributed by atoms with Gasteiger partial charge in [-0.1, -0.05) is 34.1 Å². The molecule has 2 unspecified atom stereocenters. The molecule has 2 aromatic heterocycles. The van der Waals surface area contributed by atoms with Gasteiger partial charge in [0.25, 0.3) is 0 Å². The highest BCUT2D eigenvalue weighted by Gasteiger charge is 2.43. The second-order valence-electron chi connectivity index (χ2n) is 7.49. The van der Waals surface area contributed by atoms with E-state index in [2.05, 4.69) is 26.2 Å². The minimum atomic E-state index is -0.367. The lowest BCUT2D eigenvalue weighted by atomic mass is 10.0. The highest BCUT2D eigenvalue weighted by Crippen LogP contribution is 2.45. The SMILES string of the molecule is COc1ccccc1N1C(=S)NC(c2ccccn2)C1c1ccc(-c2ccc(Br)cc2F)o1. The number of rotatable bonds is 5. The van der Waals surface area contributed by atoms with Gasteiger partial charge in [0.05, 0.1) is 30.1 Å². The molecule has 166 valence electrons. The Kier molecular flexibility index (Phi) is 5.86. The smallest absolute Gasteiger partial charge is 0.174 e. The Morgan fingerprint density at radius 1 is 1.09 bits per heavy atom. The number of pyridine rings is 1. The van der Waals surface area contributed by atoms with Gasteiger partial charge in [-0.05, 0) is 66.8 Å². The first kappa shape index (κ1) is 21.6. The predicted molar refractivity (Wildman–Crippen MR) is 133 cm³/mol. The van der Waals surface area contributed by atoms with Crippen LogP contribution in [0.1, 0.15) is 23.5 Å². The summed E-state index contributed by atoms with van der Waals surface area (Å²) in [5.41, 5.74) is 2.00. The van der Waals surface area contributed by atoms with Crippen molar-refractivity contribution in [3.05, 3.63) is 101 Å². The molecule has 1 saturated heterocycles. The molecule has 3 heterocycles. The minimum absolute atomic E-state index is 0.280. The molecule has 0 aliphatic carbocycles. The number of ether oxygens (including phenoxy) is 1. The summed E-state index contributed by atoms with van der Waals surface area (Å²) in [6.45, 7) is 0. The molecule has 0 radical (unpaired) electrons. The molecule has 1 N–H and O–H groups in total. The summed E-state index contributed by atoms with van der Waals surface area (Å²) in [6.07, 6.45) is 1.74. The van der Waals surface area contributed by atoms with Crippen molar-refractivity contribution in [1.82, 2.24) is 10.3 Å². The number of nitrogens with zero attached hydrogens (tertiary/aromatic N) is 2. The van der Waals surface area contributed by atoms with E-state index in [-0.39, 0.29) is 17.9 Å². The van der Waals surface area contributed by atoms with Crippen LogP contribution in [0.5, 0.6) is 5.75 Å². The van der Waals surface area contributed by atoms with Crippen LogP contribution in [0, 0.1) is 5.82 Å². The monoisotopic (exact) mass is 523 g/mol. The number of hydrogen-bond acceptors (Lipinski definition) is 4. The van der Waals surface area contributed by atoms with Crippen LogP contribution in [0.2, 0.25) is 0 Å². The molecule has 2 atom stereocenters. The molecule has 5 nitrogen and oxygen atoms in total. The normalized spacial score (nSPS) is 17.8. The van der Waals surface area contributed by atoms with Gasteiger partial charge in [0.2, 0.25) is 0 Å². The number of benzene rings is 2. The summed E-state index contributed by atoms with van der Waals surface area (Å²) in [7, 11) is 1.62. The molecule has 1 aliphatic rings. The van der Waals surface area contributed by atoms with E-state index in [9.17, 15) is 4.39 Å². The van der Waals surface area contributed by atoms with Crippen LogP contribution in [0.3, 0.4) is 0 Å². The summed E-state index contributed by atoms with van der Waals surface area (Å²) in [6, 6.07) is 21.3. The van der Waals surface area contributed by atoms with Crippen molar-refractivity contribution in [2.75, 3.05) is 12.0 Å². The first-order valence-corrected chi connectivity index (χ1v) is 11.5. The van der Waals surface area contributed by atoms with Crippen LogP contribution in [-0.2, 0) is 0 Å². The van der Waals surface area contributed by atoms with E-state index in [0.717, 1.165) is 11.4 Å². The molecule has 0 amide bonds. The number of aromatic nitrogens is 1. The van der Waals surface area contributed by atoms with Gasteiger partial charge in [0.15, 0.2) is 5.11 Å². The van der Waals surface area contributed by atoms with Gasteiger partial charge in [-0.15, -0.1) is 0 Å². The number of nitrogens with one attached hydrogen (secondary N) is 1. The second-order valence-corrected chi connectivity index (χ2v) is 8.80. The lowest BCUT2D eigenvalue weighted by Crippen LogP contribution is -2.29. The molecule has 4 aromatic rings. The standard InChI is InChI=1S/C25H19BrFN3O2S/c1-31-21-8-3-2-7-19(21)30-24(23(29-25(30)33)18-6-4-5-13-28-18)22-12-11-20(32-22)16-10-9-15(26)14-17(16)27/h2-14,23-24H,1H3,(H,29,33).